The van der Waals surface area contributed by atoms with E-state index in [1.807, 2.05) is 15.4 Å². The second-order valence-corrected chi connectivity index (χ2v) is 19.5. The molecule has 0 N–H and O–H groups in total. The van der Waals surface area contributed by atoms with Gasteiger partial charge in [0, 0.05) is 44.8 Å². The van der Waals surface area contributed by atoms with Crippen molar-refractivity contribution >= 4 is 69.6 Å². The van der Waals surface area contributed by atoms with Crippen molar-refractivity contribution in [3.05, 3.63) is 95.1 Å². The molecule has 2 aliphatic heterocycles. The molecule has 8 nitrogen and oxygen atoms in total. The molecule has 0 atom stereocenters. The number of fused-ring (bicyclic) bond motifs is 20. The molecule has 4 aromatic carbocycles. The SMILES string of the molecule is CC(C)(C)c1ccc2c(c1)-c1nc-2nc2[n-]c(nc3nc(nc4[n-]c(n1)c1ccc(C(C)(C)C)cc41)-c1ccc(C(C)(C)C)cc1-3)c1ccc(C(C)(C)C)cc21.[Al+2][Cl]. The zero-order chi connectivity index (χ0) is 41.7. The predicted octanol–water partition coefficient (Wildman–Crippen LogP) is 11.6. The van der Waals surface area contributed by atoms with Crippen molar-refractivity contribution in [1.82, 2.24) is 39.9 Å². The average molecular weight is 799 g/mol. The van der Waals surface area contributed by atoms with Gasteiger partial charge in [-0.1, -0.05) is 132 Å². The van der Waals surface area contributed by atoms with Crippen molar-refractivity contribution in [2.75, 3.05) is 0 Å². The summed E-state index contributed by atoms with van der Waals surface area (Å²) in [6.45, 7) is 26.6. The van der Waals surface area contributed by atoms with Gasteiger partial charge in [0.25, 0.3) is 0 Å². The Morgan fingerprint density at radius 2 is 0.621 bits per heavy atom. The number of hydrogen-bond acceptors (Lipinski definition) is 6. The van der Waals surface area contributed by atoms with Crippen LogP contribution >= 0.6 is 10.0 Å². The molecule has 290 valence electrons. The molecule has 0 saturated heterocycles. The van der Waals surface area contributed by atoms with Gasteiger partial charge in [0.05, 0.1) is 23.3 Å². The Morgan fingerprint density at radius 1 is 0.345 bits per heavy atom. The van der Waals surface area contributed by atoms with Crippen molar-refractivity contribution < 1.29 is 0 Å². The fraction of sp³-hybridized carbons (Fsp3) is 0.333. The third-order valence-electron chi connectivity index (χ3n) is 11.2. The molecule has 7 aromatic rings. The van der Waals surface area contributed by atoms with Crippen LogP contribution in [0.2, 0.25) is 0 Å². The molecule has 10 heteroatoms. The van der Waals surface area contributed by atoms with E-state index < -0.39 is 0 Å². The van der Waals surface area contributed by atoms with Gasteiger partial charge in [0.2, 0.25) is 0 Å². The molecule has 5 heterocycles. The van der Waals surface area contributed by atoms with Crippen molar-refractivity contribution in [1.29, 1.82) is 0 Å². The molecule has 3 aromatic heterocycles. The van der Waals surface area contributed by atoms with Crippen LogP contribution in [0.1, 0.15) is 105 Å². The molecule has 9 rings (SSSR count). The van der Waals surface area contributed by atoms with Crippen LogP contribution in [0, 0.1) is 0 Å². The fourth-order valence-electron chi connectivity index (χ4n) is 7.53. The minimum atomic E-state index is -0.0826. The van der Waals surface area contributed by atoms with Crippen LogP contribution in [0.25, 0.3) is 89.7 Å². The van der Waals surface area contributed by atoms with Crippen LogP contribution < -0.4 is 9.97 Å². The van der Waals surface area contributed by atoms with E-state index in [9.17, 15) is 0 Å². The van der Waals surface area contributed by atoms with E-state index in [1.54, 1.807) is 0 Å². The molecular weight excluding hydrogens is 751 g/mol. The summed E-state index contributed by atoms with van der Waals surface area (Å²) in [4.78, 5) is 41.6. The number of halogens is 1. The fourth-order valence-corrected chi connectivity index (χ4v) is 7.53. The summed E-state index contributed by atoms with van der Waals surface area (Å²) in [7, 11) is 4.56. The number of aromatic nitrogens is 8. The first-order chi connectivity index (χ1) is 27.2. The second-order valence-electron chi connectivity index (χ2n) is 19.5. The van der Waals surface area contributed by atoms with E-state index in [0.717, 1.165) is 43.8 Å². The predicted molar refractivity (Wildman–Crippen MR) is 240 cm³/mol. The van der Waals surface area contributed by atoms with Crippen molar-refractivity contribution in [3.8, 4) is 45.6 Å². The number of hydrogen-bond donors (Lipinski definition) is 0. The zero-order valence-electron chi connectivity index (χ0n) is 35.5. The van der Waals surface area contributed by atoms with Crippen LogP contribution in [0.15, 0.2) is 72.8 Å². The average Bonchev–Trinajstić information content (AvgIpc) is 3.88. The third-order valence-corrected chi connectivity index (χ3v) is 11.2. The topological polar surface area (TPSA) is 106 Å². The van der Waals surface area contributed by atoms with Crippen molar-refractivity contribution in [3.63, 3.8) is 0 Å². The first-order valence-electron chi connectivity index (χ1n) is 19.7. The van der Waals surface area contributed by atoms with Crippen molar-refractivity contribution in [2.24, 2.45) is 0 Å². The van der Waals surface area contributed by atoms with Gasteiger partial charge in [-0.05, 0) is 89.7 Å². The first kappa shape index (κ1) is 39.9. The van der Waals surface area contributed by atoms with Crippen LogP contribution in [-0.2, 0) is 21.7 Å². The summed E-state index contributed by atoms with van der Waals surface area (Å²) in [6, 6.07) is 25.9. The van der Waals surface area contributed by atoms with E-state index >= 15 is 0 Å². The monoisotopic (exact) mass is 798 g/mol. The molecule has 2 aliphatic rings. The first-order valence-corrected chi connectivity index (χ1v) is 21.5. The molecule has 0 amide bonds. The molecule has 0 spiro atoms. The van der Waals surface area contributed by atoms with Gasteiger partial charge < -0.3 is 29.9 Å². The summed E-state index contributed by atoms with van der Waals surface area (Å²) in [5, 5.41) is 3.64. The number of benzene rings is 4. The molecular formula is C48H48AlClN8. The summed E-state index contributed by atoms with van der Waals surface area (Å²) < 4.78 is 0. The number of nitrogens with zero attached hydrogens (tertiary/aromatic N) is 8. The molecule has 0 radical (unpaired) electrons. The van der Waals surface area contributed by atoms with Crippen LogP contribution in [0.4, 0.5) is 0 Å². The van der Waals surface area contributed by atoms with E-state index in [2.05, 4.69) is 166 Å². The van der Waals surface area contributed by atoms with E-state index in [-0.39, 0.29) is 21.7 Å². The zero-order valence-corrected chi connectivity index (χ0v) is 37.4. The molecule has 0 fully saturated rings. The van der Waals surface area contributed by atoms with Gasteiger partial charge in [0.1, 0.15) is 0 Å². The van der Waals surface area contributed by atoms with Gasteiger partial charge in [-0.25, -0.2) is 9.97 Å². The maximum absolute atomic E-state index is 5.25. The van der Waals surface area contributed by atoms with Crippen molar-refractivity contribution in [2.45, 2.75) is 105 Å². The van der Waals surface area contributed by atoms with Gasteiger partial charge in [-0.15, -0.1) is 0 Å². The normalized spacial score (nSPS) is 13.0. The third kappa shape index (κ3) is 7.02. The Hall–Kier alpha value is -4.94. The molecule has 0 aliphatic carbocycles. The molecule has 0 saturated carbocycles. The Labute approximate surface area is 353 Å². The van der Waals surface area contributed by atoms with Gasteiger partial charge in [0.15, 0.2) is 0 Å². The van der Waals surface area contributed by atoms with E-state index in [1.165, 1.54) is 22.3 Å². The molecule has 58 heavy (non-hydrogen) atoms. The van der Waals surface area contributed by atoms with Crippen LogP contribution in [-0.4, -0.2) is 45.3 Å². The van der Waals surface area contributed by atoms with Crippen LogP contribution in [0.3, 0.4) is 0 Å². The summed E-state index contributed by atoms with van der Waals surface area (Å²) in [5.41, 5.74) is 10.3. The Kier molecular flexibility index (Phi) is 9.51. The van der Waals surface area contributed by atoms with Gasteiger partial charge in [-0.2, -0.15) is 0 Å². The van der Waals surface area contributed by atoms with Crippen LogP contribution in [0.5, 0.6) is 0 Å². The maximum atomic E-state index is 5.25. The van der Waals surface area contributed by atoms with Gasteiger partial charge in [-0.3, -0.25) is 0 Å². The molecule has 8 bridgehead atoms. The standard InChI is InChI=1S/C48H48N8.Al.ClH/c1-45(2,3)25-13-17-29-33(21-25)41-49-37(29)54-42-35-23-27(47(7,8)9)15-19-31(35)39(51-42)56-44-36-24-28(48(10,11)12)16-20-32(36)40(52-44)55-43-34-22-26(46(4,5)6)14-18-30(34)38(50-43)53-41;;/h13-24H,1-12H3;;1H/q-2;+3;/p-1. The second kappa shape index (κ2) is 13.8. The number of rotatable bonds is 0. The quantitative estimate of drug-likeness (QED) is 0.140. The summed E-state index contributed by atoms with van der Waals surface area (Å²) >= 11 is 1.89. The van der Waals surface area contributed by atoms with E-state index in [4.69, 9.17) is 39.9 Å². The van der Waals surface area contributed by atoms with Gasteiger partial charge >= 0.3 is 25.4 Å². The Bertz CT molecular complexity index is 2770. The van der Waals surface area contributed by atoms with E-state index in [0.29, 0.717) is 45.9 Å². The molecule has 0 unspecified atom stereocenters. The minimum absolute atomic E-state index is 0.0826. The Morgan fingerprint density at radius 3 is 0.948 bits per heavy atom. The Balaban J connectivity index is 0.00000231. The summed E-state index contributed by atoms with van der Waals surface area (Å²) in [5.74, 6) is 2.24. The summed E-state index contributed by atoms with van der Waals surface area (Å²) in [6.07, 6.45) is 0.